The molecule has 0 radical (unpaired) electrons. The van der Waals surface area contributed by atoms with Gasteiger partial charge in [0.25, 0.3) is 6.26 Å². The van der Waals surface area contributed by atoms with E-state index in [1.807, 2.05) is 40.7 Å². The quantitative estimate of drug-likeness (QED) is 0.384. The summed E-state index contributed by atoms with van der Waals surface area (Å²) in [5.41, 5.74) is 0. The van der Waals surface area contributed by atoms with Crippen LogP contribution in [-0.4, -0.2) is 0 Å². The predicted octanol–water partition coefficient (Wildman–Crippen LogP) is 4.18. The van der Waals surface area contributed by atoms with E-state index in [0.29, 0.717) is 5.76 Å². The van der Waals surface area contributed by atoms with Gasteiger partial charge in [0.05, 0.1) is 0 Å². The third-order valence-corrected chi connectivity index (χ3v) is 0.818. The van der Waals surface area contributed by atoms with E-state index in [4.69, 9.17) is 5.26 Å². The highest BCUT2D eigenvalue weighted by atomic mass is 16.5. The Morgan fingerprint density at radius 3 is 2.07 bits per heavy atom. The van der Waals surface area contributed by atoms with Gasteiger partial charge in [-0.3, -0.25) is 0 Å². The molecule has 0 saturated carbocycles. The van der Waals surface area contributed by atoms with Crippen LogP contribution in [0.1, 0.15) is 34.6 Å². The van der Waals surface area contributed by atoms with Crippen LogP contribution in [-0.2, 0) is 4.74 Å². The van der Waals surface area contributed by atoms with E-state index >= 15 is 0 Å². The normalized spacial score (nSPS) is 8.71. The van der Waals surface area contributed by atoms with Crippen molar-refractivity contribution in [3.63, 3.8) is 0 Å². The highest BCUT2D eigenvalue weighted by Gasteiger charge is 1.84. The molecule has 0 fully saturated rings. The van der Waals surface area contributed by atoms with E-state index in [0.717, 1.165) is 0 Å². The van der Waals surface area contributed by atoms with Gasteiger partial charge in [-0.25, -0.2) is 0 Å². The van der Waals surface area contributed by atoms with Gasteiger partial charge in [0.15, 0.2) is 0 Å². The Morgan fingerprint density at radius 1 is 1.29 bits per heavy atom. The number of ether oxygens (including phenoxy) is 1. The second-order valence-corrected chi connectivity index (χ2v) is 1.49. The van der Waals surface area contributed by atoms with Crippen molar-refractivity contribution in [2.75, 3.05) is 0 Å². The van der Waals surface area contributed by atoms with Gasteiger partial charge in [0.2, 0.25) is 0 Å². The summed E-state index contributed by atoms with van der Waals surface area (Å²) in [7, 11) is 0. The molecule has 14 heavy (non-hydrogen) atoms. The largest absolute Gasteiger partial charge is 0.388 e. The van der Waals surface area contributed by atoms with Crippen molar-refractivity contribution in [1.82, 2.24) is 0 Å². The molecule has 0 aromatic heterocycles. The molecule has 0 aliphatic rings. The first-order valence-electron chi connectivity index (χ1n) is 4.86. The Hall–Kier alpha value is -1.49. The van der Waals surface area contributed by atoms with Gasteiger partial charge in [0.1, 0.15) is 5.76 Å². The number of hydrogen-bond donors (Lipinski definition) is 0. The van der Waals surface area contributed by atoms with Crippen LogP contribution in [0.4, 0.5) is 0 Å². The first kappa shape index (κ1) is 18.3. The molecule has 0 heterocycles. The summed E-state index contributed by atoms with van der Waals surface area (Å²) in [5, 5.41) is 8.08. The van der Waals surface area contributed by atoms with Crippen LogP contribution in [0, 0.1) is 11.5 Å². The summed E-state index contributed by atoms with van der Waals surface area (Å²) >= 11 is 0. The molecule has 0 saturated heterocycles. The Morgan fingerprint density at radius 2 is 1.79 bits per heavy atom. The lowest BCUT2D eigenvalue weighted by Gasteiger charge is -1.90. The van der Waals surface area contributed by atoms with Crippen LogP contribution >= 0.6 is 0 Å². The summed E-state index contributed by atoms with van der Waals surface area (Å²) in [6, 6.07) is 0. The van der Waals surface area contributed by atoms with Crippen molar-refractivity contribution in [2.45, 2.75) is 34.6 Å². The maximum atomic E-state index is 8.08. The molecule has 0 atom stereocenters. The minimum absolute atomic E-state index is 0.459. The summed E-state index contributed by atoms with van der Waals surface area (Å²) < 4.78 is 4.49. The van der Waals surface area contributed by atoms with E-state index in [9.17, 15) is 0 Å². The summed E-state index contributed by atoms with van der Waals surface area (Å²) in [6.45, 7) is 13.3. The molecule has 0 spiro atoms. The molecule has 80 valence electrons. The van der Waals surface area contributed by atoms with Crippen LogP contribution in [0.5, 0.6) is 0 Å². The zero-order chi connectivity index (χ0) is 11.8. The zero-order valence-electron chi connectivity index (χ0n) is 9.87. The second-order valence-electron chi connectivity index (χ2n) is 1.49. The van der Waals surface area contributed by atoms with Crippen molar-refractivity contribution in [1.29, 1.82) is 5.26 Å². The third kappa shape index (κ3) is 16.9. The van der Waals surface area contributed by atoms with Crippen LogP contribution < -0.4 is 0 Å². The van der Waals surface area contributed by atoms with E-state index < -0.39 is 0 Å². The van der Waals surface area contributed by atoms with Gasteiger partial charge in [0, 0.05) is 0 Å². The lowest BCUT2D eigenvalue weighted by molar-refractivity contribution is 0.393. The van der Waals surface area contributed by atoms with E-state index in [2.05, 4.69) is 11.3 Å². The molecule has 0 rings (SSSR count). The molecule has 2 heteroatoms. The van der Waals surface area contributed by atoms with Crippen molar-refractivity contribution in [2.24, 2.45) is 0 Å². The maximum Gasteiger partial charge on any atom is 0.292 e. The molecule has 0 N–H and O–H groups in total. The highest BCUT2D eigenvalue weighted by Crippen LogP contribution is 1.96. The molecule has 0 aromatic rings. The fourth-order valence-electron chi connectivity index (χ4n) is 0.387. The molecule has 0 aliphatic heterocycles. The Labute approximate surface area is 88.2 Å². The van der Waals surface area contributed by atoms with Crippen molar-refractivity contribution in [3.05, 3.63) is 36.6 Å². The van der Waals surface area contributed by atoms with Gasteiger partial charge in [-0.15, -0.1) is 5.26 Å². The van der Waals surface area contributed by atoms with E-state index in [1.165, 1.54) is 6.08 Å². The predicted molar refractivity (Wildman–Crippen MR) is 62.5 cm³/mol. The summed E-state index contributed by atoms with van der Waals surface area (Å²) in [5.74, 6) is 0.459. The third-order valence-electron chi connectivity index (χ3n) is 0.818. The van der Waals surface area contributed by atoms with Crippen LogP contribution in [0.25, 0.3) is 0 Å². The Kier molecular flexibility index (Phi) is 29.5. The molecule has 0 aromatic carbocycles. The second kappa shape index (κ2) is 22.5. The summed E-state index contributed by atoms with van der Waals surface area (Å²) in [4.78, 5) is 0. The minimum Gasteiger partial charge on any atom is -0.388 e. The monoisotopic (exact) mass is 195 g/mol. The minimum atomic E-state index is 0.459. The molecule has 2 nitrogen and oxygen atoms in total. The maximum absolute atomic E-state index is 8.08. The van der Waals surface area contributed by atoms with Gasteiger partial charge >= 0.3 is 0 Å². The number of nitriles is 1. The fraction of sp³-hybridized carbons (Fsp3) is 0.417. The number of hydrogen-bond acceptors (Lipinski definition) is 2. The topological polar surface area (TPSA) is 33.0 Å². The highest BCUT2D eigenvalue weighted by molar-refractivity contribution is 5.16. The van der Waals surface area contributed by atoms with E-state index in [-0.39, 0.29) is 0 Å². The fourth-order valence-corrected chi connectivity index (χ4v) is 0.387. The first-order valence-corrected chi connectivity index (χ1v) is 4.86. The average Bonchev–Trinajstić information content (AvgIpc) is 2.29. The lowest BCUT2D eigenvalue weighted by atomic mass is 10.4. The van der Waals surface area contributed by atoms with Crippen molar-refractivity contribution < 1.29 is 4.74 Å². The standard InChI is InChI=1S/C8H9NO.2C2H6/c1-3-5-6-8(4-2)10-7-9;2*1-2/h3-6H,2H2,1H3;2*1-2H3/b5-3-,8-6+;;. The molecule has 0 bridgehead atoms. The van der Waals surface area contributed by atoms with Gasteiger partial charge in [-0.1, -0.05) is 46.4 Å². The number of nitrogens with zero attached hydrogens (tertiary/aromatic N) is 1. The molecular formula is C12H21NO. The smallest absolute Gasteiger partial charge is 0.292 e. The van der Waals surface area contributed by atoms with Crippen LogP contribution in [0.3, 0.4) is 0 Å². The van der Waals surface area contributed by atoms with Crippen molar-refractivity contribution in [3.8, 4) is 6.26 Å². The number of rotatable bonds is 3. The molecular weight excluding hydrogens is 174 g/mol. The Bertz CT molecular complexity index is 197. The van der Waals surface area contributed by atoms with Crippen LogP contribution in [0.2, 0.25) is 0 Å². The van der Waals surface area contributed by atoms with Gasteiger partial charge in [-0.2, -0.15) is 0 Å². The van der Waals surface area contributed by atoms with Crippen LogP contribution in [0.15, 0.2) is 36.6 Å². The Balaban J connectivity index is -0.000000266. The van der Waals surface area contributed by atoms with Crippen molar-refractivity contribution >= 4 is 0 Å². The SMILES string of the molecule is C=C/C(=C\C=C/C)OC#N.CC.CC. The average molecular weight is 195 g/mol. The summed E-state index contributed by atoms with van der Waals surface area (Å²) in [6.07, 6.45) is 8.30. The first-order chi connectivity index (χ1) is 6.85. The zero-order valence-corrected chi connectivity index (χ0v) is 9.87. The molecule has 0 unspecified atom stereocenters. The number of allylic oxidation sites excluding steroid dienone is 4. The van der Waals surface area contributed by atoms with Gasteiger partial charge in [-0.05, 0) is 19.1 Å². The van der Waals surface area contributed by atoms with Gasteiger partial charge < -0.3 is 4.74 Å². The lowest BCUT2D eigenvalue weighted by Crippen LogP contribution is -1.77. The van der Waals surface area contributed by atoms with E-state index in [1.54, 1.807) is 18.4 Å². The molecule has 0 amide bonds. The molecule has 0 aliphatic carbocycles.